The molecule has 0 aromatic carbocycles. The zero-order chi connectivity index (χ0) is 20.0. The molecule has 6 nitrogen and oxygen atoms in total. The van der Waals surface area contributed by atoms with Gasteiger partial charge in [0.1, 0.15) is 6.54 Å². The summed E-state index contributed by atoms with van der Waals surface area (Å²) < 4.78 is 0. The Morgan fingerprint density at radius 2 is 1.63 bits per heavy atom. The lowest BCUT2D eigenvalue weighted by Crippen LogP contribution is -2.57. The molecule has 1 aliphatic rings. The van der Waals surface area contributed by atoms with Gasteiger partial charge in [-0.15, -0.1) is 24.0 Å². The predicted molar refractivity (Wildman–Crippen MR) is 126 cm³/mol. The van der Waals surface area contributed by atoms with Crippen molar-refractivity contribution in [2.75, 3.05) is 32.7 Å². The summed E-state index contributed by atoms with van der Waals surface area (Å²) in [5.74, 6) is 2.11. The van der Waals surface area contributed by atoms with Gasteiger partial charge in [-0.25, -0.2) is 4.99 Å². The van der Waals surface area contributed by atoms with Crippen LogP contribution in [0.15, 0.2) is 4.99 Å². The lowest BCUT2D eigenvalue weighted by molar-refractivity contribution is -0.121. The van der Waals surface area contributed by atoms with E-state index >= 15 is 0 Å². The number of guanidine groups is 1. The molecule has 0 bridgehead atoms. The van der Waals surface area contributed by atoms with E-state index in [4.69, 9.17) is 0 Å². The van der Waals surface area contributed by atoms with Crippen molar-refractivity contribution >= 4 is 35.8 Å². The fourth-order valence-corrected chi connectivity index (χ4v) is 3.52. The Kier molecular flexibility index (Phi) is 11.2. The molecule has 0 spiro atoms. The lowest BCUT2D eigenvalue weighted by Gasteiger charge is -2.45. The molecule has 0 aliphatic carbocycles. The molecule has 1 aliphatic heterocycles. The first-order valence-electron chi connectivity index (χ1n) is 10.0. The molecule has 27 heavy (non-hydrogen) atoms. The molecule has 0 saturated carbocycles. The molecule has 1 saturated heterocycles. The number of hydrogen-bond donors (Lipinski definition) is 3. The maximum absolute atomic E-state index is 12.0. The smallest absolute Gasteiger partial charge is 0.242 e. The monoisotopic (exact) mass is 495 g/mol. The fraction of sp³-hybridized carbons (Fsp3) is 0.900. The fourth-order valence-electron chi connectivity index (χ4n) is 3.52. The van der Waals surface area contributed by atoms with E-state index in [0.717, 1.165) is 38.0 Å². The summed E-state index contributed by atoms with van der Waals surface area (Å²) in [6, 6.07) is 0. The highest BCUT2D eigenvalue weighted by Crippen LogP contribution is 2.26. The quantitative estimate of drug-likeness (QED) is 0.301. The van der Waals surface area contributed by atoms with Crippen LogP contribution in [-0.2, 0) is 4.79 Å². The summed E-state index contributed by atoms with van der Waals surface area (Å²) in [6.45, 7) is 21.2. The van der Waals surface area contributed by atoms with Gasteiger partial charge in [-0.1, -0.05) is 13.8 Å². The number of amides is 1. The van der Waals surface area contributed by atoms with Crippen molar-refractivity contribution in [1.29, 1.82) is 0 Å². The molecule has 1 amide bonds. The zero-order valence-corrected chi connectivity index (χ0v) is 20.9. The Morgan fingerprint density at radius 3 is 2.11 bits per heavy atom. The number of hydrogen-bond acceptors (Lipinski definition) is 3. The minimum atomic E-state index is -0.234. The van der Waals surface area contributed by atoms with E-state index in [0.29, 0.717) is 5.96 Å². The average molecular weight is 495 g/mol. The third-order valence-electron chi connectivity index (χ3n) is 4.65. The van der Waals surface area contributed by atoms with Gasteiger partial charge in [-0.2, -0.15) is 0 Å². The number of piperidine rings is 1. The first-order valence-corrected chi connectivity index (χ1v) is 10.0. The van der Waals surface area contributed by atoms with Crippen LogP contribution in [0.25, 0.3) is 0 Å². The molecular formula is C20H42IN5O. The number of likely N-dealkylation sites (tertiary alicyclic amines) is 1. The number of carbonyl (C=O) groups is 1. The third kappa shape index (κ3) is 10.5. The van der Waals surface area contributed by atoms with E-state index in [2.05, 4.69) is 53.5 Å². The van der Waals surface area contributed by atoms with Crippen LogP contribution in [0, 0.1) is 11.8 Å². The molecular weight excluding hydrogens is 453 g/mol. The average Bonchev–Trinajstić information content (AvgIpc) is 2.47. The molecule has 0 radical (unpaired) electrons. The molecule has 2 atom stereocenters. The molecule has 1 heterocycles. The van der Waals surface area contributed by atoms with E-state index < -0.39 is 0 Å². The summed E-state index contributed by atoms with van der Waals surface area (Å²) in [7, 11) is 0. The van der Waals surface area contributed by atoms with Gasteiger partial charge < -0.3 is 16.0 Å². The van der Waals surface area contributed by atoms with Gasteiger partial charge in [0.15, 0.2) is 5.96 Å². The van der Waals surface area contributed by atoms with E-state index in [1.807, 2.05) is 27.7 Å². The molecule has 160 valence electrons. The second kappa shape index (κ2) is 11.4. The Morgan fingerprint density at radius 1 is 1.07 bits per heavy atom. The van der Waals surface area contributed by atoms with Gasteiger partial charge in [0.05, 0.1) is 0 Å². The van der Waals surface area contributed by atoms with Crippen LogP contribution in [0.4, 0.5) is 0 Å². The first-order chi connectivity index (χ1) is 11.9. The van der Waals surface area contributed by atoms with Gasteiger partial charge in [-0.3, -0.25) is 9.69 Å². The minimum absolute atomic E-state index is 0. The van der Waals surface area contributed by atoms with Crippen molar-refractivity contribution in [2.45, 2.75) is 72.9 Å². The SMILES string of the molecule is CCNC(=NCC(=O)NC(C)(C)C)NCC(C)(C)N1CC(C)CC(C)C1.I. The highest BCUT2D eigenvalue weighted by Gasteiger charge is 2.32. The third-order valence-corrected chi connectivity index (χ3v) is 4.65. The van der Waals surface area contributed by atoms with Crippen LogP contribution in [0.5, 0.6) is 0 Å². The Balaban J connectivity index is 0.00000676. The van der Waals surface area contributed by atoms with E-state index in [1.54, 1.807) is 0 Å². The van der Waals surface area contributed by atoms with Crippen molar-refractivity contribution < 1.29 is 4.79 Å². The lowest BCUT2D eigenvalue weighted by atomic mass is 9.88. The number of halogens is 1. The Bertz CT molecular complexity index is 477. The maximum Gasteiger partial charge on any atom is 0.242 e. The second-order valence-corrected chi connectivity index (χ2v) is 9.51. The number of nitrogens with zero attached hydrogens (tertiary/aromatic N) is 2. The highest BCUT2D eigenvalue weighted by molar-refractivity contribution is 14.0. The molecule has 1 rings (SSSR count). The summed E-state index contributed by atoms with van der Waals surface area (Å²) in [5.41, 5.74) is -0.200. The van der Waals surface area contributed by atoms with E-state index in [-0.39, 0.29) is 47.5 Å². The predicted octanol–water partition coefficient (Wildman–Crippen LogP) is 2.83. The summed E-state index contributed by atoms with van der Waals surface area (Å²) in [6.07, 6.45) is 1.31. The summed E-state index contributed by atoms with van der Waals surface area (Å²) in [4.78, 5) is 19.0. The van der Waals surface area contributed by atoms with Crippen molar-refractivity contribution in [1.82, 2.24) is 20.9 Å². The van der Waals surface area contributed by atoms with Crippen LogP contribution in [-0.4, -0.2) is 60.6 Å². The topological polar surface area (TPSA) is 68.8 Å². The van der Waals surface area contributed by atoms with Crippen molar-refractivity contribution in [3.63, 3.8) is 0 Å². The number of rotatable bonds is 6. The molecule has 0 aromatic heterocycles. The molecule has 0 aromatic rings. The molecule has 3 N–H and O–H groups in total. The number of aliphatic imine (C=N–C) groups is 1. The minimum Gasteiger partial charge on any atom is -0.357 e. The van der Waals surface area contributed by atoms with Crippen molar-refractivity contribution in [2.24, 2.45) is 16.8 Å². The second-order valence-electron chi connectivity index (χ2n) is 9.51. The first kappa shape index (κ1) is 26.4. The van der Waals surface area contributed by atoms with Gasteiger partial charge in [0.2, 0.25) is 5.91 Å². The van der Waals surface area contributed by atoms with Gasteiger partial charge >= 0.3 is 0 Å². The molecule has 2 unspecified atom stereocenters. The standard InChI is InChI=1S/C20H41N5O.HI/c1-9-21-18(22-11-17(26)24-19(4,5)6)23-14-20(7,8)25-12-15(2)10-16(3)13-25;/h15-16H,9-14H2,1-8H3,(H,24,26)(H2,21,22,23);1H. The largest absolute Gasteiger partial charge is 0.357 e. The van der Waals surface area contributed by atoms with Gasteiger partial charge in [-0.05, 0) is 59.8 Å². The van der Waals surface area contributed by atoms with E-state index in [9.17, 15) is 4.79 Å². The zero-order valence-electron chi connectivity index (χ0n) is 18.6. The van der Waals surface area contributed by atoms with Crippen LogP contribution < -0.4 is 16.0 Å². The Hall–Kier alpha value is -0.570. The van der Waals surface area contributed by atoms with Gasteiger partial charge in [0, 0.05) is 37.3 Å². The number of nitrogens with one attached hydrogen (secondary N) is 3. The van der Waals surface area contributed by atoms with Crippen LogP contribution in [0.3, 0.4) is 0 Å². The van der Waals surface area contributed by atoms with E-state index in [1.165, 1.54) is 6.42 Å². The van der Waals surface area contributed by atoms with Crippen molar-refractivity contribution in [3.8, 4) is 0 Å². The molecule has 7 heteroatoms. The van der Waals surface area contributed by atoms with Crippen LogP contribution >= 0.6 is 24.0 Å². The van der Waals surface area contributed by atoms with Crippen LogP contribution in [0.1, 0.15) is 61.8 Å². The highest BCUT2D eigenvalue weighted by atomic mass is 127. The van der Waals surface area contributed by atoms with Crippen molar-refractivity contribution in [3.05, 3.63) is 0 Å². The van der Waals surface area contributed by atoms with Crippen LogP contribution in [0.2, 0.25) is 0 Å². The molecule has 1 fully saturated rings. The van der Waals surface area contributed by atoms with Gasteiger partial charge in [0.25, 0.3) is 0 Å². The Labute approximate surface area is 183 Å². The normalized spacial score (nSPS) is 22.0. The number of carbonyl (C=O) groups excluding carboxylic acids is 1. The summed E-state index contributed by atoms with van der Waals surface area (Å²) >= 11 is 0. The summed E-state index contributed by atoms with van der Waals surface area (Å²) in [5, 5.41) is 9.60. The maximum atomic E-state index is 12.0.